The number of phenolic OH excluding ortho intramolecular Hbond substituents is 1. The number of alkyl halides is 1. The molecule has 0 atom stereocenters. The van der Waals surface area contributed by atoms with E-state index in [1.807, 2.05) is 0 Å². The molecule has 1 aromatic rings. The van der Waals surface area contributed by atoms with Gasteiger partial charge in [0, 0.05) is 11.1 Å². The third-order valence-corrected chi connectivity index (χ3v) is 2.24. The summed E-state index contributed by atoms with van der Waals surface area (Å²) in [5.41, 5.74) is 1.22. The van der Waals surface area contributed by atoms with Gasteiger partial charge in [0.1, 0.15) is 5.75 Å². The fourth-order valence-electron chi connectivity index (χ4n) is 0.998. The van der Waals surface area contributed by atoms with E-state index in [9.17, 15) is 9.90 Å². The summed E-state index contributed by atoms with van der Waals surface area (Å²) in [7, 11) is 0. The minimum Gasteiger partial charge on any atom is -0.508 e. The second-order valence-electron chi connectivity index (χ2n) is 2.51. The Hall–Kier alpha value is -0.830. The highest BCUT2D eigenvalue weighted by molar-refractivity contribution is 9.09. The number of hydrogen-bond donors (Lipinski definition) is 1. The van der Waals surface area contributed by atoms with Crippen molar-refractivity contribution >= 4 is 21.7 Å². The molecule has 0 heterocycles. The number of carbonyl (C=O) groups excluding carboxylic acids is 1. The number of hydrogen-bond acceptors (Lipinski definition) is 2. The Morgan fingerprint density at radius 3 is 2.83 bits per heavy atom. The Kier molecular flexibility index (Phi) is 2.87. The molecule has 1 aromatic carbocycles. The van der Waals surface area contributed by atoms with Crippen LogP contribution in [0.4, 0.5) is 0 Å². The van der Waals surface area contributed by atoms with Crippen LogP contribution >= 0.6 is 15.9 Å². The first kappa shape index (κ1) is 9.26. The lowest BCUT2D eigenvalue weighted by Gasteiger charge is -2.03. The molecule has 1 N–H and O–H groups in total. The molecule has 0 aliphatic carbocycles. The third-order valence-electron chi connectivity index (χ3n) is 1.73. The van der Waals surface area contributed by atoms with E-state index in [4.69, 9.17) is 0 Å². The lowest BCUT2D eigenvalue weighted by molar-refractivity contribution is 0.102. The van der Waals surface area contributed by atoms with Gasteiger partial charge in [-0.2, -0.15) is 0 Å². The normalized spacial score (nSPS) is 9.83. The smallest absolute Gasteiger partial charge is 0.173 e. The van der Waals surface area contributed by atoms with E-state index in [1.165, 1.54) is 0 Å². The number of carbonyl (C=O) groups is 1. The minimum atomic E-state index is -0.0107. The maximum absolute atomic E-state index is 11.2. The highest BCUT2D eigenvalue weighted by Crippen LogP contribution is 2.20. The third kappa shape index (κ3) is 1.67. The van der Waals surface area contributed by atoms with Gasteiger partial charge in [-0.15, -0.1) is 0 Å². The van der Waals surface area contributed by atoms with Crippen LogP contribution in [-0.4, -0.2) is 16.2 Å². The summed E-state index contributed by atoms with van der Waals surface area (Å²) in [5, 5.41) is 9.57. The molecule has 12 heavy (non-hydrogen) atoms. The van der Waals surface area contributed by atoms with Crippen LogP contribution in [0.5, 0.6) is 5.75 Å². The number of rotatable bonds is 2. The molecule has 0 bridgehead atoms. The second kappa shape index (κ2) is 3.72. The summed E-state index contributed by atoms with van der Waals surface area (Å²) in [6.45, 7) is 1.73. The summed E-state index contributed by atoms with van der Waals surface area (Å²) >= 11 is 3.08. The molecule has 0 aromatic heterocycles. The Balaban J connectivity index is 3.16. The molecule has 0 aliphatic heterocycles. The summed E-state index contributed by atoms with van der Waals surface area (Å²) in [4.78, 5) is 11.2. The Morgan fingerprint density at radius 1 is 1.58 bits per heavy atom. The van der Waals surface area contributed by atoms with Gasteiger partial charge in [-0.1, -0.05) is 28.1 Å². The zero-order chi connectivity index (χ0) is 9.14. The predicted octanol–water partition coefficient (Wildman–Crippen LogP) is 2.28. The summed E-state index contributed by atoms with van der Waals surface area (Å²) in [5.74, 6) is 0.158. The molecule has 0 amide bonds. The topological polar surface area (TPSA) is 37.3 Å². The van der Waals surface area contributed by atoms with Crippen molar-refractivity contribution in [1.82, 2.24) is 0 Å². The van der Waals surface area contributed by atoms with Gasteiger partial charge in [0.2, 0.25) is 0 Å². The first-order chi connectivity index (χ1) is 5.66. The lowest BCUT2D eigenvalue weighted by Crippen LogP contribution is -2.02. The van der Waals surface area contributed by atoms with E-state index in [1.54, 1.807) is 25.1 Å². The van der Waals surface area contributed by atoms with E-state index in [0.29, 0.717) is 11.1 Å². The van der Waals surface area contributed by atoms with Crippen molar-refractivity contribution in [1.29, 1.82) is 0 Å². The number of aromatic hydroxyl groups is 1. The molecule has 2 nitrogen and oxygen atoms in total. The van der Waals surface area contributed by atoms with Gasteiger partial charge < -0.3 is 5.11 Å². The van der Waals surface area contributed by atoms with E-state index in [0.717, 1.165) is 0 Å². The average Bonchev–Trinajstić information content (AvgIpc) is 2.08. The first-order valence-electron chi connectivity index (χ1n) is 3.54. The van der Waals surface area contributed by atoms with Crippen LogP contribution in [0.25, 0.3) is 0 Å². The molecule has 64 valence electrons. The van der Waals surface area contributed by atoms with Crippen LogP contribution in [0.15, 0.2) is 18.2 Å². The number of phenols is 1. The van der Waals surface area contributed by atoms with Gasteiger partial charge in [-0.05, 0) is 13.0 Å². The number of benzene rings is 1. The maximum atomic E-state index is 11.2. The Bertz CT molecular complexity index is 307. The summed E-state index contributed by atoms with van der Waals surface area (Å²) in [6, 6.07) is 4.94. The van der Waals surface area contributed by atoms with Crippen LogP contribution in [0.2, 0.25) is 0 Å². The van der Waals surface area contributed by atoms with Crippen LogP contribution in [-0.2, 0) is 0 Å². The van der Waals surface area contributed by atoms with Crippen molar-refractivity contribution in [2.45, 2.75) is 6.92 Å². The van der Waals surface area contributed by atoms with Crippen molar-refractivity contribution in [3.05, 3.63) is 29.3 Å². The van der Waals surface area contributed by atoms with Crippen LogP contribution < -0.4 is 0 Å². The molecule has 0 saturated heterocycles. The number of ketones is 1. The molecule has 0 radical (unpaired) electrons. The lowest BCUT2D eigenvalue weighted by atomic mass is 10.1. The average molecular weight is 229 g/mol. The van der Waals surface area contributed by atoms with Crippen LogP contribution in [0.3, 0.4) is 0 Å². The van der Waals surface area contributed by atoms with E-state index in [2.05, 4.69) is 15.9 Å². The Morgan fingerprint density at radius 2 is 2.25 bits per heavy atom. The summed E-state index contributed by atoms with van der Waals surface area (Å²) in [6.07, 6.45) is 0. The quantitative estimate of drug-likeness (QED) is 0.623. The van der Waals surface area contributed by atoms with Gasteiger partial charge in [-0.3, -0.25) is 4.79 Å². The molecular weight excluding hydrogens is 220 g/mol. The Labute approximate surface area is 79.3 Å². The molecule has 0 aliphatic rings. The fraction of sp³-hybridized carbons (Fsp3) is 0.222. The molecule has 0 fully saturated rings. The minimum absolute atomic E-state index is 0.0107. The van der Waals surface area contributed by atoms with Gasteiger partial charge in [0.15, 0.2) is 5.78 Å². The number of halogens is 1. The fourth-order valence-corrected chi connectivity index (χ4v) is 1.30. The van der Waals surface area contributed by atoms with Gasteiger partial charge in [0.25, 0.3) is 0 Å². The number of Topliss-reactive ketones (excluding diaryl/α,β-unsaturated/α-hetero) is 1. The molecule has 1 rings (SSSR count). The standard InChI is InChI=1S/C9H9BrO2/c1-6-7(9(12)5-10)3-2-4-8(6)11/h2-4,11H,5H2,1H3. The first-order valence-corrected chi connectivity index (χ1v) is 4.66. The molecule has 0 unspecified atom stereocenters. The highest BCUT2D eigenvalue weighted by atomic mass is 79.9. The van der Waals surface area contributed by atoms with E-state index >= 15 is 0 Å². The van der Waals surface area contributed by atoms with E-state index < -0.39 is 0 Å². The SMILES string of the molecule is Cc1c(O)cccc1C(=O)CBr. The van der Waals surface area contributed by atoms with Gasteiger partial charge >= 0.3 is 0 Å². The van der Waals surface area contributed by atoms with Crippen molar-refractivity contribution in [3.63, 3.8) is 0 Å². The van der Waals surface area contributed by atoms with Crippen molar-refractivity contribution < 1.29 is 9.90 Å². The monoisotopic (exact) mass is 228 g/mol. The molecule has 0 saturated carbocycles. The van der Waals surface area contributed by atoms with Crippen molar-refractivity contribution in [2.75, 3.05) is 5.33 Å². The molecule has 0 spiro atoms. The summed E-state index contributed by atoms with van der Waals surface area (Å²) < 4.78 is 0. The molecular formula is C9H9BrO2. The predicted molar refractivity (Wildman–Crippen MR) is 51.0 cm³/mol. The van der Waals surface area contributed by atoms with Crippen LogP contribution in [0.1, 0.15) is 15.9 Å². The second-order valence-corrected chi connectivity index (χ2v) is 3.07. The van der Waals surface area contributed by atoms with Crippen molar-refractivity contribution in [2.24, 2.45) is 0 Å². The van der Waals surface area contributed by atoms with Crippen LogP contribution in [0, 0.1) is 6.92 Å². The largest absolute Gasteiger partial charge is 0.508 e. The zero-order valence-electron chi connectivity index (χ0n) is 6.67. The van der Waals surface area contributed by atoms with Gasteiger partial charge in [0.05, 0.1) is 5.33 Å². The van der Waals surface area contributed by atoms with E-state index in [-0.39, 0.29) is 16.9 Å². The highest BCUT2D eigenvalue weighted by Gasteiger charge is 2.08. The molecule has 3 heteroatoms. The van der Waals surface area contributed by atoms with Crippen molar-refractivity contribution in [3.8, 4) is 5.75 Å². The van der Waals surface area contributed by atoms with Gasteiger partial charge in [-0.25, -0.2) is 0 Å². The maximum Gasteiger partial charge on any atom is 0.173 e. The zero-order valence-corrected chi connectivity index (χ0v) is 8.26.